The molecule has 1 aromatic heterocycles. The number of terminal acetylenes is 1. The minimum absolute atomic E-state index is 0. The molecule has 0 aliphatic carbocycles. The molecule has 0 saturated carbocycles. The molecule has 8 heteroatoms. The zero-order chi connectivity index (χ0) is 15.0. The number of rotatable bonds is 7. The fourth-order valence-electron chi connectivity index (χ4n) is 1.15. The third-order valence-corrected chi connectivity index (χ3v) is 1.97. The van der Waals surface area contributed by atoms with Gasteiger partial charge in [-0.15, -0.1) is 18.8 Å². The van der Waals surface area contributed by atoms with Crippen molar-refractivity contribution in [2.75, 3.05) is 29.2 Å². The van der Waals surface area contributed by atoms with Crippen LogP contribution < -0.4 is 16.1 Å². The monoisotopic (exact) mass is 314 g/mol. The summed E-state index contributed by atoms with van der Waals surface area (Å²) in [5, 5.41) is 6.01. The van der Waals surface area contributed by atoms with Crippen LogP contribution >= 0.6 is 12.4 Å². The lowest BCUT2D eigenvalue weighted by Crippen LogP contribution is -2.24. The zero-order valence-electron chi connectivity index (χ0n) is 12.9. The molecule has 0 radical (unpaired) electrons. The van der Waals surface area contributed by atoms with Gasteiger partial charge in [-0.2, -0.15) is 15.0 Å². The third-order valence-electron chi connectivity index (χ3n) is 1.97. The molecule has 1 aromatic rings. The van der Waals surface area contributed by atoms with Gasteiger partial charge < -0.3 is 10.6 Å². The standard InChI is InChI=1S/C13H22N6O.ClH/c1-6-8-14-10-16-11(15-9-7-2)18-12(17-10)19-20-13(3,4)5;/h1H,7-9H2,2-5H3,(H3,14,15,16,17,18,19);1H. The average molecular weight is 315 g/mol. The van der Waals surface area contributed by atoms with E-state index < -0.39 is 0 Å². The number of halogens is 1. The number of nitrogens with one attached hydrogen (secondary N) is 3. The van der Waals surface area contributed by atoms with Crippen LogP contribution in [0, 0.1) is 12.3 Å². The van der Waals surface area contributed by atoms with Crippen molar-refractivity contribution in [2.24, 2.45) is 0 Å². The maximum atomic E-state index is 5.44. The van der Waals surface area contributed by atoms with Gasteiger partial charge in [0.15, 0.2) is 0 Å². The maximum absolute atomic E-state index is 5.44. The van der Waals surface area contributed by atoms with Gasteiger partial charge in [0.05, 0.1) is 12.1 Å². The molecule has 0 saturated heterocycles. The quantitative estimate of drug-likeness (QED) is 0.526. The molecule has 0 amide bonds. The summed E-state index contributed by atoms with van der Waals surface area (Å²) >= 11 is 0. The van der Waals surface area contributed by atoms with Gasteiger partial charge in [0, 0.05) is 6.54 Å². The topological polar surface area (TPSA) is 84.0 Å². The predicted octanol–water partition coefficient (Wildman–Crippen LogP) is 2.30. The first-order valence-electron chi connectivity index (χ1n) is 6.56. The first-order valence-corrected chi connectivity index (χ1v) is 6.56. The van der Waals surface area contributed by atoms with Crippen LogP contribution in [0.2, 0.25) is 0 Å². The van der Waals surface area contributed by atoms with Gasteiger partial charge in [-0.25, -0.2) is 5.48 Å². The molecule has 7 nitrogen and oxygen atoms in total. The van der Waals surface area contributed by atoms with E-state index in [1.54, 1.807) is 0 Å². The van der Waals surface area contributed by atoms with E-state index in [9.17, 15) is 0 Å². The largest absolute Gasteiger partial charge is 0.354 e. The van der Waals surface area contributed by atoms with Crippen molar-refractivity contribution >= 4 is 30.3 Å². The maximum Gasteiger partial charge on any atom is 0.253 e. The van der Waals surface area contributed by atoms with Crippen LogP contribution in [0.3, 0.4) is 0 Å². The molecule has 0 aromatic carbocycles. The molecule has 3 N–H and O–H groups in total. The summed E-state index contributed by atoms with van der Waals surface area (Å²) in [6, 6.07) is 0. The van der Waals surface area contributed by atoms with E-state index in [1.807, 2.05) is 20.8 Å². The van der Waals surface area contributed by atoms with E-state index in [1.165, 1.54) is 0 Å². The first kappa shape index (κ1) is 19.2. The summed E-state index contributed by atoms with van der Waals surface area (Å²) in [5.74, 6) is 3.67. The van der Waals surface area contributed by atoms with Crippen molar-refractivity contribution in [3.8, 4) is 12.3 Å². The highest BCUT2D eigenvalue weighted by Gasteiger charge is 2.13. The number of nitrogens with zero attached hydrogens (tertiary/aromatic N) is 3. The Morgan fingerprint density at radius 1 is 1.10 bits per heavy atom. The molecule has 0 atom stereocenters. The molecule has 0 aliphatic heterocycles. The van der Waals surface area contributed by atoms with Crippen molar-refractivity contribution in [3.63, 3.8) is 0 Å². The Labute approximate surface area is 132 Å². The van der Waals surface area contributed by atoms with E-state index in [-0.39, 0.29) is 18.0 Å². The van der Waals surface area contributed by atoms with E-state index in [4.69, 9.17) is 11.3 Å². The minimum Gasteiger partial charge on any atom is -0.354 e. The molecule has 1 heterocycles. The van der Waals surface area contributed by atoms with Gasteiger partial charge in [0.25, 0.3) is 5.95 Å². The number of aromatic nitrogens is 3. The summed E-state index contributed by atoms with van der Waals surface area (Å²) < 4.78 is 0. The highest BCUT2D eigenvalue weighted by atomic mass is 35.5. The van der Waals surface area contributed by atoms with Crippen molar-refractivity contribution in [1.82, 2.24) is 15.0 Å². The lowest BCUT2D eigenvalue weighted by Gasteiger charge is -2.19. The molecule has 1 rings (SSSR count). The zero-order valence-corrected chi connectivity index (χ0v) is 13.7. The minimum atomic E-state index is -0.351. The summed E-state index contributed by atoms with van der Waals surface area (Å²) in [6.45, 7) is 8.96. The molecular formula is C13H23ClN6O. The van der Waals surface area contributed by atoms with Crippen LogP contribution in [-0.4, -0.2) is 33.6 Å². The summed E-state index contributed by atoms with van der Waals surface area (Å²) in [6.07, 6.45) is 6.18. The van der Waals surface area contributed by atoms with Crippen molar-refractivity contribution < 1.29 is 4.84 Å². The second-order valence-corrected chi connectivity index (χ2v) is 5.11. The summed E-state index contributed by atoms with van der Waals surface area (Å²) in [5.41, 5.74) is 2.37. The van der Waals surface area contributed by atoms with Crippen LogP contribution in [-0.2, 0) is 4.84 Å². The molecule has 21 heavy (non-hydrogen) atoms. The van der Waals surface area contributed by atoms with Gasteiger partial charge >= 0.3 is 0 Å². The molecular weight excluding hydrogens is 292 g/mol. The number of anilines is 3. The predicted molar refractivity (Wildman–Crippen MR) is 87.6 cm³/mol. The van der Waals surface area contributed by atoms with Crippen LogP contribution in [0.25, 0.3) is 0 Å². The van der Waals surface area contributed by atoms with E-state index in [0.29, 0.717) is 24.4 Å². The van der Waals surface area contributed by atoms with Crippen LogP contribution in [0.5, 0.6) is 0 Å². The molecule has 0 aliphatic rings. The SMILES string of the molecule is C#CCNc1nc(NCCC)nc(NOC(C)(C)C)n1.Cl. The van der Waals surface area contributed by atoms with Gasteiger partial charge in [-0.1, -0.05) is 12.8 Å². The number of hydrogen-bond acceptors (Lipinski definition) is 7. The van der Waals surface area contributed by atoms with Gasteiger partial charge in [-0.05, 0) is 27.2 Å². The Morgan fingerprint density at radius 2 is 1.67 bits per heavy atom. The number of hydrogen-bond donors (Lipinski definition) is 3. The second kappa shape index (κ2) is 9.21. The molecule has 0 spiro atoms. The lowest BCUT2D eigenvalue weighted by atomic mass is 10.2. The van der Waals surface area contributed by atoms with Crippen molar-refractivity contribution in [3.05, 3.63) is 0 Å². The van der Waals surface area contributed by atoms with Crippen LogP contribution in [0.4, 0.5) is 17.8 Å². The van der Waals surface area contributed by atoms with Crippen LogP contribution in [0.15, 0.2) is 0 Å². The van der Waals surface area contributed by atoms with E-state index in [2.05, 4.69) is 43.9 Å². The molecule has 0 unspecified atom stereocenters. The Bertz CT molecular complexity index is 469. The third kappa shape index (κ3) is 8.17. The molecule has 0 fully saturated rings. The first-order chi connectivity index (χ1) is 9.44. The molecule has 118 valence electrons. The fourth-order valence-corrected chi connectivity index (χ4v) is 1.15. The van der Waals surface area contributed by atoms with Crippen molar-refractivity contribution in [1.29, 1.82) is 0 Å². The normalized spacial score (nSPS) is 10.2. The van der Waals surface area contributed by atoms with E-state index in [0.717, 1.165) is 13.0 Å². The Hall–Kier alpha value is -1.78. The summed E-state index contributed by atoms with van der Waals surface area (Å²) in [4.78, 5) is 18.1. The van der Waals surface area contributed by atoms with Crippen molar-refractivity contribution in [2.45, 2.75) is 39.7 Å². The average Bonchev–Trinajstić information content (AvgIpc) is 2.40. The Balaban J connectivity index is 0.00000400. The van der Waals surface area contributed by atoms with Gasteiger partial charge in [0.1, 0.15) is 0 Å². The summed E-state index contributed by atoms with van der Waals surface area (Å²) in [7, 11) is 0. The molecule has 0 bridgehead atoms. The van der Waals surface area contributed by atoms with E-state index >= 15 is 0 Å². The Kier molecular flexibility index (Phi) is 8.43. The lowest BCUT2D eigenvalue weighted by molar-refractivity contribution is 0.0359. The van der Waals surface area contributed by atoms with Gasteiger partial charge in [-0.3, -0.25) is 4.84 Å². The van der Waals surface area contributed by atoms with Crippen LogP contribution in [0.1, 0.15) is 34.1 Å². The highest BCUT2D eigenvalue weighted by Crippen LogP contribution is 2.12. The fraction of sp³-hybridized carbons (Fsp3) is 0.615. The smallest absolute Gasteiger partial charge is 0.253 e. The highest BCUT2D eigenvalue weighted by molar-refractivity contribution is 5.85. The second-order valence-electron chi connectivity index (χ2n) is 5.11. The van der Waals surface area contributed by atoms with Gasteiger partial charge in [0.2, 0.25) is 11.9 Å². The Morgan fingerprint density at radius 3 is 2.19 bits per heavy atom.